The van der Waals surface area contributed by atoms with Crippen LogP contribution in [0.1, 0.15) is 0 Å². The van der Waals surface area contributed by atoms with Crippen LogP contribution in [0.5, 0.6) is 0 Å². The average Bonchev–Trinajstić information content (AvgIpc) is 1.89. The highest BCUT2D eigenvalue weighted by Crippen LogP contribution is 1.85. The van der Waals surface area contributed by atoms with Crippen molar-refractivity contribution in [2.45, 2.75) is 6.48 Å². The Morgan fingerprint density at radius 2 is 2.00 bits per heavy atom. The topological polar surface area (TPSA) is 47.9 Å². The van der Waals surface area contributed by atoms with Crippen LogP contribution >= 0.6 is 0 Å². The largest absolute Gasteiger partial charge is 0.382 e. The summed E-state index contributed by atoms with van der Waals surface area (Å²) < 4.78 is 13.7. The summed E-state index contributed by atoms with van der Waals surface area (Å²) in [6, 6.07) is 0. The number of methoxy groups -OCH3 is 2. The molecule has 0 aliphatic carbocycles. The second kappa shape index (κ2) is 5.97. The first-order valence-electron chi connectivity index (χ1n) is 2.62. The number of aliphatic hydroxyl groups is 1. The molecule has 0 spiro atoms. The van der Waals surface area contributed by atoms with Gasteiger partial charge in [-0.15, -0.1) is 0 Å². The second-order valence-electron chi connectivity index (χ2n) is 1.41. The maximum atomic E-state index is 8.58. The van der Waals surface area contributed by atoms with Crippen LogP contribution in [-0.4, -0.2) is 39.0 Å². The summed E-state index contributed by atoms with van der Waals surface area (Å²) in [4.78, 5) is 0. The van der Waals surface area contributed by atoms with Crippen molar-refractivity contribution in [3.05, 3.63) is 0 Å². The van der Waals surface area contributed by atoms with Gasteiger partial charge in [0.25, 0.3) is 6.48 Å². The van der Waals surface area contributed by atoms with Gasteiger partial charge in [0.05, 0.1) is 13.2 Å². The molecule has 1 N–H and O–H groups in total. The fraction of sp³-hybridized carbons (Fsp3) is 1.00. The Balaban J connectivity index is 2.88. The Labute approximate surface area is 54.3 Å². The van der Waals surface area contributed by atoms with Gasteiger partial charge in [0.15, 0.2) is 0 Å². The third kappa shape index (κ3) is 5.72. The minimum atomic E-state index is -1.12. The zero-order valence-corrected chi connectivity index (χ0v) is 5.66. The minimum absolute atomic E-state index is 0.339. The first kappa shape index (κ1) is 8.84. The Morgan fingerprint density at radius 3 is 2.44 bits per heavy atom. The van der Waals surface area contributed by atoms with Crippen molar-refractivity contribution in [3.8, 4) is 0 Å². The molecular formula is C5H12O4. The third-order valence-corrected chi connectivity index (χ3v) is 0.750. The number of hydrogen-bond acceptors (Lipinski definition) is 4. The van der Waals surface area contributed by atoms with Crippen molar-refractivity contribution in [3.63, 3.8) is 0 Å². The first-order chi connectivity index (χ1) is 4.31. The Kier molecular flexibility index (Phi) is 5.86. The quantitative estimate of drug-likeness (QED) is 0.411. The molecule has 9 heavy (non-hydrogen) atoms. The van der Waals surface area contributed by atoms with Crippen molar-refractivity contribution in [2.24, 2.45) is 0 Å². The van der Waals surface area contributed by atoms with Crippen molar-refractivity contribution in [2.75, 3.05) is 27.4 Å². The smallest absolute Gasteiger partial charge is 0.268 e. The summed E-state index contributed by atoms with van der Waals surface area (Å²) in [5.41, 5.74) is 0. The average molecular weight is 136 g/mol. The van der Waals surface area contributed by atoms with Gasteiger partial charge in [0.2, 0.25) is 0 Å². The Hall–Kier alpha value is -0.160. The highest BCUT2D eigenvalue weighted by Gasteiger charge is 1.97. The van der Waals surface area contributed by atoms with Crippen LogP contribution in [0, 0.1) is 0 Å². The molecule has 1 unspecified atom stereocenters. The molecule has 0 saturated carbocycles. The number of hydrogen-bond donors (Lipinski definition) is 1. The summed E-state index contributed by atoms with van der Waals surface area (Å²) in [6.45, 7) is -0.327. The summed E-state index contributed by atoms with van der Waals surface area (Å²) in [5, 5.41) is 8.58. The van der Waals surface area contributed by atoms with Crippen molar-refractivity contribution in [1.82, 2.24) is 0 Å². The van der Waals surface area contributed by atoms with E-state index >= 15 is 0 Å². The van der Waals surface area contributed by atoms with Crippen LogP contribution in [0.2, 0.25) is 0 Å². The molecule has 0 rings (SSSR count). The van der Waals surface area contributed by atoms with Gasteiger partial charge in [0.1, 0.15) is 0 Å². The lowest BCUT2D eigenvalue weighted by Gasteiger charge is -2.07. The van der Waals surface area contributed by atoms with E-state index < -0.39 is 6.48 Å². The Bertz CT molecular complexity index is 56.9. The van der Waals surface area contributed by atoms with E-state index in [0.717, 1.165) is 0 Å². The van der Waals surface area contributed by atoms with Crippen LogP contribution in [0.4, 0.5) is 0 Å². The molecule has 0 aromatic rings. The summed E-state index contributed by atoms with van der Waals surface area (Å²) in [7, 11) is 2.92. The lowest BCUT2D eigenvalue weighted by atomic mass is 10.8. The number of rotatable bonds is 5. The highest BCUT2D eigenvalue weighted by molar-refractivity contribution is 4.23. The van der Waals surface area contributed by atoms with Gasteiger partial charge in [-0.25, -0.2) is 0 Å². The SMILES string of the molecule is COCCOC(O)OC. The zero-order valence-electron chi connectivity index (χ0n) is 5.66. The van der Waals surface area contributed by atoms with Gasteiger partial charge in [0, 0.05) is 14.2 Å². The van der Waals surface area contributed by atoms with Crippen LogP contribution in [-0.2, 0) is 14.2 Å². The molecule has 0 aliphatic rings. The molecule has 0 aliphatic heterocycles. The fourth-order valence-electron chi connectivity index (χ4n) is 0.300. The first-order valence-corrected chi connectivity index (χ1v) is 2.62. The fourth-order valence-corrected chi connectivity index (χ4v) is 0.300. The lowest BCUT2D eigenvalue weighted by molar-refractivity contribution is -0.253. The predicted molar refractivity (Wildman–Crippen MR) is 30.8 cm³/mol. The van der Waals surface area contributed by atoms with E-state index in [4.69, 9.17) is 5.11 Å². The van der Waals surface area contributed by atoms with Gasteiger partial charge >= 0.3 is 0 Å². The molecule has 56 valence electrons. The van der Waals surface area contributed by atoms with Gasteiger partial charge in [-0.05, 0) is 0 Å². The van der Waals surface area contributed by atoms with Crippen LogP contribution in [0.25, 0.3) is 0 Å². The lowest BCUT2D eigenvalue weighted by Crippen LogP contribution is -2.16. The van der Waals surface area contributed by atoms with E-state index in [1.165, 1.54) is 7.11 Å². The number of aliphatic hydroxyl groups excluding tert-OH is 1. The maximum absolute atomic E-state index is 8.58. The molecular weight excluding hydrogens is 124 g/mol. The van der Waals surface area contributed by atoms with Crippen molar-refractivity contribution < 1.29 is 19.3 Å². The van der Waals surface area contributed by atoms with E-state index in [1.807, 2.05) is 0 Å². The summed E-state index contributed by atoms with van der Waals surface area (Å²) in [5.74, 6) is 0. The van der Waals surface area contributed by atoms with Gasteiger partial charge in [-0.3, -0.25) is 0 Å². The van der Waals surface area contributed by atoms with Crippen molar-refractivity contribution in [1.29, 1.82) is 0 Å². The molecule has 0 aromatic heterocycles. The Morgan fingerprint density at radius 1 is 1.33 bits per heavy atom. The van der Waals surface area contributed by atoms with E-state index in [2.05, 4.69) is 14.2 Å². The molecule has 0 saturated heterocycles. The molecule has 0 amide bonds. The predicted octanol–water partition coefficient (Wildman–Crippen LogP) is -0.428. The third-order valence-electron chi connectivity index (χ3n) is 0.750. The molecule has 4 heteroatoms. The van der Waals surface area contributed by atoms with E-state index in [-0.39, 0.29) is 0 Å². The summed E-state index contributed by atoms with van der Waals surface area (Å²) >= 11 is 0. The monoisotopic (exact) mass is 136 g/mol. The molecule has 1 atom stereocenters. The summed E-state index contributed by atoms with van der Waals surface area (Å²) in [6.07, 6.45) is 0. The van der Waals surface area contributed by atoms with Crippen LogP contribution in [0.3, 0.4) is 0 Å². The second-order valence-corrected chi connectivity index (χ2v) is 1.41. The zero-order chi connectivity index (χ0) is 7.11. The maximum Gasteiger partial charge on any atom is 0.268 e. The number of ether oxygens (including phenoxy) is 3. The van der Waals surface area contributed by atoms with Crippen molar-refractivity contribution >= 4 is 0 Å². The van der Waals surface area contributed by atoms with Gasteiger partial charge < -0.3 is 19.3 Å². The van der Waals surface area contributed by atoms with Gasteiger partial charge in [-0.1, -0.05) is 0 Å². The molecule has 0 heterocycles. The molecule has 0 aromatic carbocycles. The van der Waals surface area contributed by atoms with Crippen LogP contribution < -0.4 is 0 Å². The normalized spacial score (nSPS) is 13.7. The molecule has 4 nitrogen and oxygen atoms in total. The highest BCUT2D eigenvalue weighted by atomic mass is 16.8. The molecule has 0 fully saturated rings. The standard InChI is InChI=1S/C5H12O4/c1-7-3-4-9-5(6)8-2/h5-6H,3-4H2,1-2H3. The van der Waals surface area contributed by atoms with E-state index in [1.54, 1.807) is 7.11 Å². The minimum Gasteiger partial charge on any atom is -0.382 e. The van der Waals surface area contributed by atoms with Gasteiger partial charge in [-0.2, -0.15) is 0 Å². The van der Waals surface area contributed by atoms with E-state index in [9.17, 15) is 0 Å². The van der Waals surface area contributed by atoms with E-state index in [0.29, 0.717) is 13.2 Å². The molecule has 0 bridgehead atoms. The van der Waals surface area contributed by atoms with Crippen LogP contribution in [0.15, 0.2) is 0 Å². The molecule has 0 radical (unpaired) electrons.